The normalized spacial score (nSPS) is 10.0. The summed E-state index contributed by atoms with van der Waals surface area (Å²) in [4.78, 5) is 38.3. The van der Waals surface area contributed by atoms with Crippen LogP contribution in [0.15, 0.2) is 137 Å². The number of nitrogens with one attached hydrogen (secondary N) is 1. The molecule has 0 bridgehead atoms. The predicted molar refractivity (Wildman–Crippen MR) is 194 cm³/mol. The number of thioether (sulfide) groups is 2. The molecule has 0 atom stereocenters. The van der Waals surface area contributed by atoms with Gasteiger partial charge in [0.05, 0.1) is 31.0 Å². The molecule has 0 aliphatic heterocycles. The van der Waals surface area contributed by atoms with E-state index in [2.05, 4.69) is 22.2 Å². The molecule has 0 aliphatic carbocycles. The Labute approximate surface area is 289 Å². The number of esters is 2. The van der Waals surface area contributed by atoms with Crippen molar-refractivity contribution < 1.29 is 23.9 Å². The summed E-state index contributed by atoms with van der Waals surface area (Å²) < 4.78 is 9.50. The Balaban J connectivity index is 0.000000265. The van der Waals surface area contributed by atoms with Crippen LogP contribution in [0, 0.1) is 0 Å². The number of carbonyl (C=O) groups excluding carboxylic acids is 3. The fourth-order valence-electron chi connectivity index (χ4n) is 4.22. The number of nitrogen functional groups attached to an aromatic ring is 1. The number of hydrogen-bond donors (Lipinski definition) is 2. The molecule has 5 aromatic rings. The van der Waals surface area contributed by atoms with Crippen molar-refractivity contribution in [3.63, 3.8) is 0 Å². The molecule has 0 heterocycles. The highest BCUT2D eigenvalue weighted by Crippen LogP contribution is 2.27. The number of halogens is 1. The molecular formula is C37H35ClN2O5S2. The second-order valence-electron chi connectivity index (χ2n) is 9.81. The second kappa shape index (κ2) is 19.1. The van der Waals surface area contributed by atoms with Gasteiger partial charge in [-0.25, -0.2) is 9.59 Å². The summed E-state index contributed by atoms with van der Waals surface area (Å²) in [5.41, 5.74) is 10.1. The summed E-state index contributed by atoms with van der Waals surface area (Å²) in [5, 5.41) is 2.83. The van der Waals surface area contributed by atoms with E-state index in [0.717, 1.165) is 27.5 Å². The Morgan fingerprint density at radius 2 is 1.06 bits per heavy atom. The lowest BCUT2D eigenvalue weighted by atomic mass is 10.1. The van der Waals surface area contributed by atoms with Crippen LogP contribution in [0.4, 0.5) is 11.4 Å². The number of anilines is 2. The summed E-state index contributed by atoms with van der Waals surface area (Å²) in [6.07, 6.45) is 0. The van der Waals surface area contributed by atoms with Gasteiger partial charge in [0.2, 0.25) is 0 Å². The maximum atomic E-state index is 12.5. The van der Waals surface area contributed by atoms with Crippen LogP contribution in [0.2, 0.25) is 0 Å². The van der Waals surface area contributed by atoms with E-state index in [1.807, 2.05) is 78.9 Å². The van der Waals surface area contributed by atoms with Crippen molar-refractivity contribution in [2.75, 3.05) is 25.3 Å². The van der Waals surface area contributed by atoms with Gasteiger partial charge in [0, 0.05) is 32.5 Å². The van der Waals surface area contributed by atoms with Crippen molar-refractivity contribution in [2.45, 2.75) is 21.3 Å². The van der Waals surface area contributed by atoms with E-state index in [-0.39, 0.29) is 18.3 Å². The minimum atomic E-state index is -0.486. The SMILES string of the molecule is COC(=O)c1ccc(CSc2ccccc2)cc1N.COC(=O)c1ccc(CSc2ccccc2)cc1NC(=O)c1ccccc1.Cl. The van der Waals surface area contributed by atoms with E-state index in [9.17, 15) is 14.4 Å². The van der Waals surface area contributed by atoms with E-state index in [1.54, 1.807) is 59.9 Å². The third-order valence-corrected chi connectivity index (χ3v) is 8.76. The maximum Gasteiger partial charge on any atom is 0.339 e. The molecule has 0 radical (unpaired) electrons. The zero-order valence-electron chi connectivity index (χ0n) is 25.9. The molecule has 3 N–H and O–H groups in total. The molecule has 242 valence electrons. The van der Waals surface area contributed by atoms with Crippen LogP contribution >= 0.6 is 35.9 Å². The Kier molecular flexibility index (Phi) is 14.9. The van der Waals surface area contributed by atoms with Crippen molar-refractivity contribution >= 4 is 65.2 Å². The number of rotatable bonds is 10. The smallest absolute Gasteiger partial charge is 0.339 e. The number of amides is 1. The van der Waals surface area contributed by atoms with Crippen LogP contribution in [0.25, 0.3) is 0 Å². The van der Waals surface area contributed by atoms with Gasteiger partial charge in [-0.15, -0.1) is 35.9 Å². The molecule has 10 heteroatoms. The molecular weight excluding hydrogens is 652 g/mol. The van der Waals surface area contributed by atoms with Crippen molar-refractivity contribution in [3.8, 4) is 0 Å². The van der Waals surface area contributed by atoms with Gasteiger partial charge in [-0.3, -0.25) is 4.79 Å². The zero-order chi connectivity index (χ0) is 32.7. The molecule has 0 aromatic heterocycles. The number of benzene rings is 5. The molecule has 47 heavy (non-hydrogen) atoms. The Bertz CT molecular complexity index is 1760. The lowest BCUT2D eigenvalue weighted by Crippen LogP contribution is -2.15. The van der Waals surface area contributed by atoms with Crippen LogP contribution in [0.5, 0.6) is 0 Å². The quantitative estimate of drug-likeness (QED) is 0.0853. The third kappa shape index (κ3) is 11.2. The zero-order valence-corrected chi connectivity index (χ0v) is 28.3. The highest BCUT2D eigenvalue weighted by atomic mass is 35.5. The fraction of sp³-hybridized carbons (Fsp3) is 0.108. The molecule has 5 rings (SSSR count). The number of methoxy groups -OCH3 is 2. The maximum absolute atomic E-state index is 12.5. The lowest BCUT2D eigenvalue weighted by Gasteiger charge is -2.12. The summed E-state index contributed by atoms with van der Waals surface area (Å²) in [6, 6.07) is 39.9. The van der Waals surface area contributed by atoms with E-state index < -0.39 is 11.9 Å². The number of carbonyl (C=O) groups is 3. The van der Waals surface area contributed by atoms with Gasteiger partial charge in [-0.2, -0.15) is 0 Å². The highest BCUT2D eigenvalue weighted by Gasteiger charge is 2.16. The molecule has 0 fully saturated rings. The average molecular weight is 687 g/mol. The minimum Gasteiger partial charge on any atom is -0.465 e. The topological polar surface area (TPSA) is 108 Å². The monoisotopic (exact) mass is 686 g/mol. The van der Waals surface area contributed by atoms with E-state index in [1.165, 1.54) is 19.1 Å². The summed E-state index contributed by atoms with van der Waals surface area (Å²) in [6.45, 7) is 0. The minimum absolute atomic E-state index is 0. The predicted octanol–water partition coefficient (Wildman–Crippen LogP) is 8.79. The van der Waals surface area contributed by atoms with Gasteiger partial charge in [0.1, 0.15) is 0 Å². The van der Waals surface area contributed by atoms with E-state index in [0.29, 0.717) is 28.1 Å². The first-order valence-electron chi connectivity index (χ1n) is 14.3. The average Bonchev–Trinajstić information content (AvgIpc) is 3.11. The third-order valence-electron chi connectivity index (χ3n) is 6.59. The molecule has 7 nitrogen and oxygen atoms in total. The molecule has 0 spiro atoms. The Morgan fingerprint density at radius 1 is 0.617 bits per heavy atom. The van der Waals surface area contributed by atoms with Crippen LogP contribution < -0.4 is 11.1 Å². The van der Waals surface area contributed by atoms with E-state index in [4.69, 9.17) is 10.5 Å². The first-order chi connectivity index (χ1) is 22.4. The van der Waals surface area contributed by atoms with Crippen LogP contribution in [-0.4, -0.2) is 32.1 Å². The largest absolute Gasteiger partial charge is 0.465 e. The number of nitrogens with two attached hydrogens (primary N) is 1. The van der Waals surface area contributed by atoms with Gasteiger partial charge in [-0.05, 0) is 71.8 Å². The summed E-state index contributed by atoms with van der Waals surface area (Å²) in [7, 11) is 2.67. The van der Waals surface area contributed by atoms with Crippen LogP contribution in [0.1, 0.15) is 42.2 Å². The van der Waals surface area contributed by atoms with Gasteiger partial charge in [-0.1, -0.05) is 66.7 Å². The standard InChI is InChI=1S/C22H19NO3S.C15H15NO2S.ClH/c1-26-22(25)19-13-12-16(15-27-18-10-6-3-7-11-18)14-20(19)23-21(24)17-8-4-2-5-9-17;1-18-15(17)13-8-7-11(9-14(13)16)10-19-12-5-3-2-4-6-12;/h2-14H,15H2,1H3,(H,23,24);2-9H,10,16H2,1H3;1H. The van der Waals surface area contributed by atoms with Gasteiger partial charge in [0.25, 0.3) is 5.91 Å². The van der Waals surface area contributed by atoms with Gasteiger partial charge in [0.15, 0.2) is 0 Å². The Hall–Kier alpha value is -4.70. The van der Waals surface area contributed by atoms with Crippen LogP contribution in [-0.2, 0) is 21.0 Å². The van der Waals surface area contributed by atoms with Crippen molar-refractivity contribution in [2.24, 2.45) is 0 Å². The molecule has 5 aromatic carbocycles. The van der Waals surface area contributed by atoms with Crippen LogP contribution in [0.3, 0.4) is 0 Å². The molecule has 1 amide bonds. The van der Waals surface area contributed by atoms with E-state index >= 15 is 0 Å². The highest BCUT2D eigenvalue weighted by molar-refractivity contribution is 7.98. The second-order valence-corrected chi connectivity index (χ2v) is 11.9. The van der Waals surface area contributed by atoms with Gasteiger partial charge < -0.3 is 20.5 Å². The first kappa shape index (κ1) is 36.8. The number of ether oxygens (including phenoxy) is 2. The summed E-state index contributed by atoms with van der Waals surface area (Å²) in [5.74, 6) is 0.379. The molecule has 0 aliphatic rings. The lowest BCUT2D eigenvalue weighted by molar-refractivity contribution is 0.0593. The summed E-state index contributed by atoms with van der Waals surface area (Å²) >= 11 is 3.42. The van der Waals surface area contributed by atoms with Gasteiger partial charge >= 0.3 is 11.9 Å². The molecule has 0 unspecified atom stereocenters. The molecule has 0 saturated heterocycles. The van der Waals surface area contributed by atoms with Crippen molar-refractivity contribution in [3.05, 3.63) is 155 Å². The fourth-order valence-corrected chi connectivity index (χ4v) is 5.95. The van der Waals surface area contributed by atoms with Crippen molar-refractivity contribution in [1.29, 1.82) is 0 Å². The Morgan fingerprint density at radius 3 is 1.55 bits per heavy atom. The molecule has 0 saturated carbocycles. The van der Waals surface area contributed by atoms with Crippen molar-refractivity contribution in [1.82, 2.24) is 0 Å². The number of hydrogen-bond acceptors (Lipinski definition) is 8. The first-order valence-corrected chi connectivity index (χ1v) is 16.2.